The zero-order chi connectivity index (χ0) is 13.7. The molecule has 1 saturated heterocycles. The lowest BCUT2D eigenvalue weighted by Gasteiger charge is -2.31. The predicted octanol–water partition coefficient (Wildman–Crippen LogP) is 1.54. The highest BCUT2D eigenvalue weighted by Gasteiger charge is 2.20. The summed E-state index contributed by atoms with van der Waals surface area (Å²) in [4.78, 5) is 2.07. The first-order valence-corrected chi connectivity index (χ1v) is 6.98. The van der Waals surface area contributed by atoms with Gasteiger partial charge in [-0.05, 0) is 43.7 Å². The van der Waals surface area contributed by atoms with Crippen LogP contribution in [-0.2, 0) is 0 Å². The molecule has 0 unspecified atom stereocenters. The van der Waals surface area contributed by atoms with E-state index in [2.05, 4.69) is 4.90 Å². The van der Waals surface area contributed by atoms with Gasteiger partial charge < -0.3 is 14.9 Å². The third-order valence-corrected chi connectivity index (χ3v) is 3.46. The molecule has 1 aromatic rings. The van der Waals surface area contributed by atoms with Crippen molar-refractivity contribution in [2.75, 3.05) is 26.2 Å². The Labute approximate surface area is 118 Å². The van der Waals surface area contributed by atoms with E-state index in [1.807, 2.05) is 0 Å². The third-order valence-electron chi connectivity index (χ3n) is 3.21. The maximum absolute atomic E-state index is 9.93. The van der Waals surface area contributed by atoms with Crippen LogP contribution in [0.2, 0.25) is 5.02 Å². The van der Waals surface area contributed by atoms with Crippen LogP contribution < -0.4 is 4.74 Å². The number of β-amino-alcohol motifs (C(OH)–C–C–N with tert-alkyl or cyclic N) is 2. The Morgan fingerprint density at radius 2 is 2.11 bits per heavy atom. The molecule has 2 rings (SSSR count). The Morgan fingerprint density at radius 1 is 1.37 bits per heavy atom. The van der Waals surface area contributed by atoms with E-state index >= 15 is 0 Å². The number of halogens is 1. The van der Waals surface area contributed by atoms with Crippen molar-refractivity contribution in [2.24, 2.45) is 0 Å². The van der Waals surface area contributed by atoms with Crippen LogP contribution in [-0.4, -0.2) is 53.6 Å². The summed E-state index contributed by atoms with van der Waals surface area (Å²) in [6.07, 6.45) is 1.01. The van der Waals surface area contributed by atoms with Crippen molar-refractivity contribution in [1.82, 2.24) is 4.90 Å². The zero-order valence-corrected chi connectivity index (χ0v) is 11.6. The second kappa shape index (κ2) is 7.10. The van der Waals surface area contributed by atoms with Gasteiger partial charge in [-0.25, -0.2) is 0 Å². The molecule has 0 spiro atoms. The van der Waals surface area contributed by atoms with E-state index < -0.39 is 6.10 Å². The SMILES string of the molecule is O[C@@H]1CCCN(C[C@@H](O)COc2ccc(Cl)cc2)C1. The van der Waals surface area contributed by atoms with Gasteiger partial charge in [-0.2, -0.15) is 0 Å². The molecule has 1 aliphatic rings. The standard InChI is InChI=1S/C14H20ClNO3/c15-11-3-5-14(6-4-11)19-10-13(18)9-16-7-1-2-12(17)8-16/h3-6,12-13,17-18H,1-2,7-10H2/t12-,13-/m1/s1. The van der Waals surface area contributed by atoms with Gasteiger partial charge in [0, 0.05) is 18.1 Å². The molecule has 1 fully saturated rings. The van der Waals surface area contributed by atoms with E-state index in [0.29, 0.717) is 23.9 Å². The summed E-state index contributed by atoms with van der Waals surface area (Å²) >= 11 is 5.78. The van der Waals surface area contributed by atoms with Crippen LogP contribution in [0.1, 0.15) is 12.8 Å². The quantitative estimate of drug-likeness (QED) is 0.862. The van der Waals surface area contributed by atoms with E-state index in [1.165, 1.54) is 0 Å². The summed E-state index contributed by atoms with van der Waals surface area (Å²) in [5.74, 6) is 0.696. The predicted molar refractivity (Wildman–Crippen MR) is 74.6 cm³/mol. The Hall–Kier alpha value is -0.810. The average molecular weight is 286 g/mol. The fraction of sp³-hybridized carbons (Fsp3) is 0.571. The van der Waals surface area contributed by atoms with Crippen molar-refractivity contribution >= 4 is 11.6 Å². The Morgan fingerprint density at radius 3 is 2.79 bits per heavy atom. The highest BCUT2D eigenvalue weighted by molar-refractivity contribution is 6.30. The van der Waals surface area contributed by atoms with Crippen molar-refractivity contribution in [3.05, 3.63) is 29.3 Å². The number of piperidine rings is 1. The van der Waals surface area contributed by atoms with Crippen LogP contribution in [0.5, 0.6) is 5.75 Å². The zero-order valence-electron chi connectivity index (χ0n) is 10.8. The van der Waals surface area contributed by atoms with Crippen molar-refractivity contribution in [2.45, 2.75) is 25.0 Å². The van der Waals surface area contributed by atoms with Crippen LogP contribution in [0.4, 0.5) is 0 Å². The molecule has 5 heteroatoms. The average Bonchev–Trinajstić information content (AvgIpc) is 2.38. The third kappa shape index (κ3) is 4.99. The topological polar surface area (TPSA) is 52.9 Å². The highest BCUT2D eigenvalue weighted by Crippen LogP contribution is 2.16. The van der Waals surface area contributed by atoms with E-state index in [9.17, 15) is 10.2 Å². The van der Waals surface area contributed by atoms with Crippen LogP contribution >= 0.6 is 11.6 Å². The minimum absolute atomic E-state index is 0.244. The molecule has 0 aromatic heterocycles. The Bertz CT molecular complexity index is 385. The largest absolute Gasteiger partial charge is 0.491 e. The van der Waals surface area contributed by atoms with Gasteiger partial charge in [-0.15, -0.1) is 0 Å². The lowest BCUT2D eigenvalue weighted by molar-refractivity contribution is 0.0243. The fourth-order valence-corrected chi connectivity index (χ4v) is 2.40. The van der Waals surface area contributed by atoms with Gasteiger partial charge in [0.2, 0.25) is 0 Å². The molecule has 2 atom stereocenters. The first-order valence-electron chi connectivity index (χ1n) is 6.60. The van der Waals surface area contributed by atoms with E-state index in [-0.39, 0.29) is 12.7 Å². The number of rotatable bonds is 5. The maximum atomic E-state index is 9.93. The lowest BCUT2D eigenvalue weighted by atomic mass is 10.1. The summed E-state index contributed by atoms with van der Waals surface area (Å²) in [5.41, 5.74) is 0. The molecule has 4 nitrogen and oxygen atoms in total. The van der Waals surface area contributed by atoms with E-state index in [0.717, 1.165) is 19.4 Å². The second-order valence-corrected chi connectivity index (χ2v) is 5.41. The molecular formula is C14H20ClNO3. The normalized spacial score (nSPS) is 22.2. The van der Waals surface area contributed by atoms with Gasteiger partial charge in [-0.1, -0.05) is 11.6 Å². The summed E-state index contributed by atoms with van der Waals surface area (Å²) in [6, 6.07) is 7.06. The monoisotopic (exact) mass is 285 g/mol. The number of nitrogens with zero attached hydrogens (tertiary/aromatic N) is 1. The van der Waals surface area contributed by atoms with Crippen LogP contribution in [0, 0.1) is 0 Å². The second-order valence-electron chi connectivity index (χ2n) is 4.97. The minimum atomic E-state index is -0.555. The van der Waals surface area contributed by atoms with Crippen LogP contribution in [0.25, 0.3) is 0 Å². The van der Waals surface area contributed by atoms with Crippen molar-refractivity contribution in [3.8, 4) is 5.75 Å². The molecule has 19 heavy (non-hydrogen) atoms. The van der Waals surface area contributed by atoms with Crippen molar-refractivity contribution < 1.29 is 14.9 Å². The number of ether oxygens (including phenoxy) is 1. The summed E-state index contributed by atoms with van der Waals surface area (Å²) in [5, 5.41) is 20.2. The summed E-state index contributed by atoms with van der Waals surface area (Å²) in [7, 11) is 0. The molecule has 106 valence electrons. The van der Waals surface area contributed by atoms with Crippen molar-refractivity contribution in [3.63, 3.8) is 0 Å². The highest BCUT2D eigenvalue weighted by atomic mass is 35.5. The number of benzene rings is 1. The number of likely N-dealkylation sites (tertiary alicyclic amines) is 1. The molecule has 0 bridgehead atoms. The van der Waals surface area contributed by atoms with Gasteiger partial charge in [0.05, 0.1) is 6.10 Å². The Kier molecular flexibility index (Phi) is 5.45. The molecule has 1 heterocycles. The first-order chi connectivity index (χ1) is 9.13. The van der Waals surface area contributed by atoms with Gasteiger partial charge in [-0.3, -0.25) is 4.90 Å². The molecule has 2 N–H and O–H groups in total. The number of aliphatic hydroxyl groups is 2. The van der Waals surface area contributed by atoms with Crippen LogP contribution in [0.15, 0.2) is 24.3 Å². The van der Waals surface area contributed by atoms with Gasteiger partial charge in [0.25, 0.3) is 0 Å². The molecule has 1 aromatic carbocycles. The molecule has 0 radical (unpaired) electrons. The smallest absolute Gasteiger partial charge is 0.119 e. The molecule has 0 aliphatic carbocycles. The van der Waals surface area contributed by atoms with E-state index in [4.69, 9.17) is 16.3 Å². The Balaban J connectivity index is 1.72. The minimum Gasteiger partial charge on any atom is -0.491 e. The number of aliphatic hydroxyl groups excluding tert-OH is 2. The van der Waals surface area contributed by atoms with Gasteiger partial charge in [0.15, 0.2) is 0 Å². The lowest BCUT2D eigenvalue weighted by Crippen LogP contribution is -2.43. The molecule has 0 saturated carbocycles. The van der Waals surface area contributed by atoms with E-state index in [1.54, 1.807) is 24.3 Å². The van der Waals surface area contributed by atoms with Gasteiger partial charge >= 0.3 is 0 Å². The van der Waals surface area contributed by atoms with Gasteiger partial charge in [0.1, 0.15) is 18.5 Å². The maximum Gasteiger partial charge on any atom is 0.119 e. The number of hydrogen-bond acceptors (Lipinski definition) is 4. The molecule has 1 aliphatic heterocycles. The first kappa shape index (κ1) is 14.6. The van der Waals surface area contributed by atoms with Crippen LogP contribution in [0.3, 0.4) is 0 Å². The fourth-order valence-electron chi connectivity index (χ4n) is 2.27. The summed E-state index contributed by atoms with van der Waals surface area (Å²) < 4.78 is 5.49. The molecule has 0 amide bonds. The summed E-state index contributed by atoms with van der Waals surface area (Å²) in [6.45, 7) is 2.34. The number of hydrogen-bond donors (Lipinski definition) is 2. The molecular weight excluding hydrogens is 266 g/mol. The van der Waals surface area contributed by atoms with Crippen molar-refractivity contribution in [1.29, 1.82) is 0 Å².